The Morgan fingerprint density at radius 1 is 1.18 bits per heavy atom. The molecule has 3 heterocycles. The molecule has 1 aromatic carbocycles. The summed E-state index contributed by atoms with van der Waals surface area (Å²) >= 11 is 0. The predicted octanol–water partition coefficient (Wildman–Crippen LogP) is 4.82. The van der Waals surface area contributed by atoms with Crippen molar-refractivity contribution >= 4 is 28.4 Å². The number of pyridine rings is 1. The van der Waals surface area contributed by atoms with Crippen molar-refractivity contribution in [2.45, 2.75) is 26.3 Å². The van der Waals surface area contributed by atoms with Crippen molar-refractivity contribution in [1.82, 2.24) is 19.5 Å². The summed E-state index contributed by atoms with van der Waals surface area (Å²) in [5.41, 5.74) is 7.58. The molecule has 0 aliphatic carbocycles. The van der Waals surface area contributed by atoms with Gasteiger partial charge in [-0.3, -0.25) is 9.78 Å². The van der Waals surface area contributed by atoms with Crippen LogP contribution in [0.1, 0.15) is 30.2 Å². The zero-order chi connectivity index (χ0) is 23.8. The first-order valence-electron chi connectivity index (χ1n) is 9.86. The molecule has 33 heavy (non-hydrogen) atoms. The highest BCUT2D eigenvalue weighted by Gasteiger charge is 2.31. The number of anilines is 2. The maximum atomic E-state index is 12.7. The minimum atomic E-state index is -4.93. The standard InChI is InChI=1S/C22H19F3N6O2/c1-12(2)31-11-17(16-3-5-27-10-19(16)31)18-4-6-28-21(30-18)29-14-7-13(20(26)32)8-15(9-14)33-22(23,24)25/h3-12H,1-2H3,(H2,26,32)(H,28,29,30). The number of aromatic nitrogens is 4. The van der Waals surface area contributed by atoms with Gasteiger partial charge in [-0.2, -0.15) is 0 Å². The second-order valence-corrected chi connectivity index (χ2v) is 7.49. The number of hydrogen-bond donors (Lipinski definition) is 2. The highest BCUT2D eigenvalue weighted by Crippen LogP contribution is 2.32. The van der Waals surface area contributed by atoms with E-state index in [1.165, 1.54) is 12.3 Å². The van der Waals surface area contributed by atoms with Crippen LogP contribution in [-0.2, 0) is 0 Å². The van der Waals surface area contributed by atoms with Gasteiger partial charge in [0.05, 0.1) is 17.4 Å². The number of carbonyl (C=O) groups is 1. The molecule has 3 aromatic heterocycles. The molecule has 0 bridgehead atoms. The third-order valence-corrected chi connectivity index (χ3v) is 4.81. The Bertz CT molecular complexity index is 1330. The molecule has 170 valence electrons. The summed E-state index contributed by atoms with van der Waals surface area (Å²) in [6.07, 6.45) is 2.02. The molecule has 4 aromatic rings. The van der Waals surface area contributed by atoms with Crippen molar-refractivity contribution < 1.29 is 22.7 Å². The van der Waals surface area contributed by atoms with Gasteiger partial charge < -0.3 is 20.4 Å². The quantitative estimate of drug-likeness (QED) is 0.431. The number of primary amides is 1. The van der Waals surface area contributed by atoms with E-state index in [1.54, 1.807) is 18.5 Å². The zero-order valence-corrected chi connectivity index (χ0v) is 17.6. The van der Waals surface area contributed by atoms with Crippen LogP contribution >= 0.6 is 0 Å². The van der Waals surface area contributed by atoms with Crippen LogP contribution in [0, 0.1) is 0 Å². The molecule has 0 unspecified atom stereocenters. The molecule has 0 spiro atoms. The summed E-state index contributed by atoms with van der Waals surface area (Å²) in [6, 6.07) is 7.07. The number of alkyl halides is 3. The Labute approximate surface area is 186 Å². The molecule has 0 aliphatic heterocycles. The van der Waals surface area contributed by atoms with Crippen LogP contribution in [-0.4, -0.2) is 31.8 Å². The number of nitrogens with one attached hydrogen (secondary N) is 1. The normalized spacial score (nSPS) is 11.7. The maximum absolute atomic E-state index is 12.7. The van der Waals surface area contributed by atoms with Gasteiger partial charge in [-0.15, -0.1) is 13.2 Å². The first-order chi connectivity index (χ1) is 15.6. The van der Waals surface area contributed by atoms with Gasteiger partial charge in [0.1, 0.15) is 5.75 Å². The van der Waals surface area contributed by atoms with Crippen molar-refractivity contribution in [3.63, 3.8) is 0 Å². The van der Waals surface area contributed by atoms with Gasteiger partial charge in [0, 0.05) is 52.9 Å². The highest BCUT2D eigenvalue weighted by atomic mass is 19.4. The van der Waals surface area contributed by atoms with Crippen LogP contribution in [0.3, 0.4) is 0 Å². The Morgan fingerprint density at radius 2 is 1.97 bits per heavy atom. The number of ether oxygens (including phenoxy) is 1. The number of carbonyl (C=O) groups excluding carboxylic acids is 1. The number of nitrogens with zero attached hydrogens (tertiary/aromatic N) is 4. The fourth-order valence-electron chi connectivity index (χ4n) is 3.43. The number of nitrogens with two attached hydrogens (primary N) is 1. The Morgan fingerprint density at radius 3 is 2.67 bits per heavy atom. The first-order valence-corrected chi connectivity index (χ1v) is 9.86. The van der Waals surface area contributed by atoms with Crippen LogP contribution < -0.4 is 15.8 Å². The second kappa shape index (κ2) is 8.41. The molecule has 0 aliphatic rings. The van der Waals surface area contributed by atoms with Gasteiger partial charge in [0.15, 0.2) is 0 Å². The minimum Gasteiger partial charge on any atom is -0.406 e. The van der Waals surface area contributed by atoms with Gasteiger partial charge >= 0.3 is 6.36 Å². The van der Waals surface area contributed by atoms with Crippen molar-refractivity contribution in [3.8, 4) is 17.0 Å². The van der Waals surface area contributed by atoms with Gasteiger partial charge in [0.25, 0.3) is 0 Å². The Kier molecular flexibility index (Phi) is 5.62. The molecule has 4 rings (SSSR count). The van der Waals surface area contributed by atoms with Crippen LogP contribution in [0.15, 0.2) is 55.1 Å². The van der Waals surface area contributed by atoms with Crippen LogP contribution in [0.4, 0.5) is 24.8 Å². The van der Waals surface area contributed by atoms with E-state index in [1.807, 2.05) is 12.3 Å². The fraction of sp³-hybridized carbons (Fsp3) is 0.182. The second-order valence-electron chi connectivity index (χ2n) is 7.49. The molecule has 0 radical (unpaired) electrons. The molecule has 0 saturated heterocycles. The average molecular weight is 456 g/mol. The lowest BCUT2D eigenvalue weighted by molar-refractivity contribution is -0.274. The van der Waals surface area contributed by atoms with Crippen molar-refractivity contribution in [1.29, 1.82) is 0 Å². The van der Waals surface area contributed by atoms with E-state index in [2.05, 4.69) is 43.4 Å². The molecular weight excluding hydrogens is 437 g/mol. The summed E-state index contributed by atoms with van der Waals surface area (Å²) in [5, 5.41) is 3.76. The van der Waals surface area contributed by atoms with Gasteiger partial charge in [-0.05, 0) is 38.1 Å². The van der Waals surface area contributed by atoms with Gasteiger partial charge in [-0.25, -0.2) is 9.97 Å². The Hall–Kier alpha value is -4.15. The third kappa shape index (κ3) is 4.86. The van der Waals surface area contributed by atoms with Gasteiger partial charge in [0.2, 0.25) is 11.9 Å². The summed E-state index contributed by atoms with van der Waals surface area (Å²) < 4.78 is 44.0. The fourth-order valence-corrected chi connectivity index (χ4v) is 3.43. The summed E-state index contributed by atoms with van der Waals surface area (Å²) in [5.74, 6) is -1.38. The number of rotatable bonds is 6. The van der Waals surface area contributed by atoms with E-state index in [4.69, 9.17) is 5.73 Å². The summed E-state index contributed by atoms with van der Waals surface area (Å²) in [4.78, 5) is 24.4. The minimum absolute atomic E-state index is 0.108. The Balaban J connectivity index is 1.72. The van der Waals surface area contributed by atoms with E-state index in [0.29, 0.717) is 5.69 Å². The van der Waals surface area contributed by atoms with Crippen LogP contribution in [0.25, 0.3) is 22.2 Å². The van der Waals surface area contributed by atoms with E-state index in [-0.39, 0.29) is 23.2 Å². The first kappa shape index (κ1) is 22.1. The lowest BCUT2D eigenvalue weighted by Crippen LogP contribution is -2.18. The number of amides is 1. The molecule has 0 saturated carbocycles. The molecule has 8 nitrogen and oxygen atoms in total. The molecule has 0 fully saturated rings. The SMILES string of the molecule is CC(C)n1cc(-c2ccnc(Nc3cc(OC(F)(F)F)cc(C(N)=O)c3)n2)c2ccncc21. The third-order valence-electron chi connectivity index (χ3n) is 4.81. The lowest BCUT2D eigenvalue weighted by Gasteiger charge is -2.12. The topological polar surface area (TPSA) is 108 Å². The predicted molar refractivity (Wildman–Crippen MR) is 116 cm³/mol. The molecule has 3 N–H and O–H groups in total. The van der Waals surface area contributed by atoms with Crippen LogP contribution in [0.2, 0.25) is 0 Å². The number of halogens is 3. The van der Waals surface area contributed by atoms with Crippen LogP contribution in [0.5, 0.6) is 5.75 Å². The lowest BCUT2D eigenvalue weighted by atomic mass is 10.1. The van der Waals surface area contributed by atoms with Crippen molar-refractivity contribution in [2.24, 2.45) is 5.73 Å². The highest BCUT2D eigenvalue weighted by molar-refractivity contribution is 5.95. The van der Waals surface area contributed by atoms with Crippen molar-refractivity contribution in [3.05, 3.63) is 60.7 Å². The molecular formula is C22H19F3N6O2. The van der Waals surface area contributed by atoms with E-state index in [9.17, 15) is 18.0 Å². The smallest absolute Gasteiger partial charge is 0.406 e. The monoisotopic (exact) mass is 456 g/mol. The van der Waals surface area contributed by atoms with Gasteiger partial charge in [-0.1, -0.05) is 0 Å². The number of benzene rings is 1. The number of fused-ring (bicyclic) bond motifs is 1. The molecule has 11 heteroatoms. The zero-order valence-electron chi connectivity index (χ0n) is 17.6. The van der Waals surface area contributed by atoms with E-state index < -0.39 is 18.0 Å². The number of hydrogen-bond acceptors (Lipinski definition) is 6. The average Bonchev–Trinajstić information content (AvgIpc) is 3.12. The molecule has 0 atom stereocenters. The van der Waals surface area contributed by atoms with E-state index in [0.717, 1.165) is 28.6 Å². The largest absolute Gasteiger partial charge is 0.573 e. The van der Waals surface area contributed by atoms with Crippen molar-refractivity contribution in [2.75, 3.05) is 5.32 Å². The summed E-state index contributed by atoms with van der Waals surface area (Å²) in [7, 11) is 0. The van der Waals surface area contributed by atoms with E-state index >= 15 is 0 Å². The summed E-state index contributed by atoms with van der Waals surface area (Å²) in [6.45, 7) is 4.10. The molecule has 1 amide bonds. The maximum Gasteiger partial charge on any atom is 0.573 e.